The number of rotatable bonds is 2. The van der Waals surface area contributed by atoms with Crippen LogP contribution in [0.1, 0.15) is 15.9 Å². The molecule has 4 heteroatoms. The number of aryl methyl sites for hydroxylation is 1. The number of nitrogens with one attached hydrogen (secondary N) is 1. The molecule has 0 heterocycles. The van der Waals surface area contributed by atoms with Gasteiger partial charge in [-0.05, 0) is 41.5 Å². The molecule has 110 valence electrons. The van der Waals surface area contributed by atoms with Gasteiger partial charge in [-0.15, -0.1) is 0 Å². The molecule has 1 N–H and O–H groups in total. The number of carbonyl (C=O) groups is 1. The lowest BCUT2D eigenvalue weighted by Gasteiger charge is -2.10. The average molecular weight is 314 g/mol. The number of amides is 1. The van der Waals surface area contributed by atoms with Crippen molar-refractivity contribution in [2.45, 2.75) is 6.92 Å². The van der Waals surface area contributed by atoms with Crippen molar-refractivity contribution in [3.05, 3.63) is 76.6 Å². The summed E-state index contributed by atoms with van der Waals surface area (Å²) in [5, 5.41) is 4.80. The second kappa shape index (κ2) is 5.78. The number of fused-ring (bicyclic) bond motifs is 1. The number of benzene rings is 3. The maximum atomic E-state index is 13.7. The normalized spacial score (nSPS) is 10.7. The molecule has 22 heavy (non-hydrogen) atoms. The van der Waals surface area contributed by atoms with Gasteiger partial charge in [0.25, 0.3) is 5.91 Å². The molecule has 3 aromatic carbocycles. The van der Waals surface area contributed by atoms with Crippen molar-refractivity contribution in [2.75, 3.05) is 5.32 Å². The van der Waals surface area contributed by atoms with E-state index in [9.17, 15) is 9.18 Å². The van der Waals surface area contributed by atoms with E-state index < -0.39 is 5.82 Å². The maximum absolute atomic E-state index is 13.7. The van der Waals surface area contributed by atoms with Crippen LogP contribution in [0.25, 0.3) is 10.8 Å². The summed E-state index contributed by atoms with van der Waals surface area (Å²) >= 11 is 6.07. The van der Waals surface area contributed by atoms with Gasteiger partial charge in [0.15, 0.2) is 0 Å². The standard InChI is InChI=1S/C18H13ClFNO/c1-11-9-15(19)17(10-16(11)20)21-18(22)14-8-4-6-12-5-2-3-7-13(12)14/h2-10H,1H3,(H,21,22). The molecular weight excluding hydrogens is 301 g/mol. The van der Waals surface area contributed by atoms with Crippen LogP contribution in [-0.2, 0) is 0 Å². The summed E-state index contributed by atoms with van der Waals surface area (Å²) in [6.07, 6.45) is 0. The van der Waals surface area contributed by atoms with E-state index in [4.69, 9.17) is 11.6 Å². The van der Waals surface area contributed by atoms with E-state index in [2.05, 4.69) is 5.32 Å². The van der Waals surface area contributed by atoms with E-state index >= 15 is 0 Å². The minimum atomic E-state index is -0.405. The molecule has 0 aromatic heterocycles. The third kappa shape index (κ3) is 2.68. The highest BCUT2D eigenvalue weighted by Gasteiger charge is 2.13. The van der Waals surface area contributed by atoms with E-state index in [0.717, 1.165) is 10.8 Å². The Bertz CT molecular complexity index is 871. The molecule has 0 atom stereocenters. The Balaban J connectivity index is 1.99. The summed E-state index contributed by atoms with van der Waals surface area (Å²) in [6, 6.07) is 15.8. The van der Waals surface area contributed by atoms with E-state index in [1.54, 1.807) is 13.0 Å². The Morgan fingerprint density at radius 2 is 1.82 bits per heavy atom. The first kappa shape index (κ1) is 14.5. The van der Waals surface area contributed by atoms with Gasteiger partial charge in [0.2, 0.25) is 0 Å². The Morgan fingerprint density at radius 1 is 1.09 bits per heavy atom. The van der Waals surface area contributed by atoms with E-state index in [-0.39, 0.29) is 11.6 Å². The van der Waals surface area contributed by atoms with Crippen molar-refractivity contribution >= 4 is 34.0 Å². The Hall–Kier alpha value is -2.39. The van der Waals surface area contributed by atoms with Crippen molar-refractivity contribution < 1.29 is 9.18 Å². The zero-order valence-corrected chi connectivity index (χ0v) is 12.6. The third-order valence-corrected chi connectivity index (χ3v) is 3.84. The number of anilines is 1. The molecular formula is C18H13ClFNO. The lowest BCUT2D eigenvalue weighted by molar-refractivity contribution is 0.102. The molecule has 1 amide bonds. The van der Waals surface area contributed by atoms with Gasteiger partial charge in [-0.3, -0.25) is 4.79 Å². The molecule has 0 radical (unpaired) electrons. The smallest absolute Gasteiger partial charge is 0.256 e. The first-order valence-electron chi connectivity index (χ1n) is 6.81. The monoisotopic (exact) mass is 313 g/mol. The fraction of sp³-hybridized carbons (Fsp3) is 0.0556. The van der Waals surface area contributed by atoms with Gasteiger partial charge in [0.1, 0.15) is 5.82 Å². The Labute approximate surface area is 132 Å². The van der Waals surface area contributed by atoms with Gasteiger partial charge >= 0.3 is 0 Å². The highest BCUT2D eigenvalue weighted by molar-refractivity contribution is 6.34. The van der Waals surface area contributed by atoms with Crippen molar-refractivity contribution in [3.63, 3.8) is 0 Å². The molecule has 3 rings (SSSR count). The van der Waals surface area contributed by atoms with Gasteiger partial charge in [0, 0.05) is 5.56 Å². The third-order valence-electron chi connectivity index (χ3n) is 3.53. The fourth-order valence-electron chi connectivity index (χ4n) is 2.36. The largest absolute Gasteiger partial charge is 0.321 e. The summed E-state index contributed by atoms with van der Waals surface area (Å²) in [5.74, 6) is -0.723. The quantitative estimate of drug-likeness (QED) is 0.693. The minimum Gasteiger partial charge on any atom is -0.321 e. The lowest BCUT2D eigenvalue weighted by Crippen LogP contribution is -2.13. The first-order chi connectivity index (χ1) is 10.6. The van der Waals surface area contributed by atoms with Crippen molar-refractivity contribution in [1.82, 2.24) is 0 Å². The van der Waals surface area contributed by atoms with Gasteiger partial charge in [0.05, 0.1) is 10.7 Å². The highest BCUT2D eigenvalue weighted by Crippen LogP contribution is 2.26. The van der Waals surface area contributed by atoms with Crippen LogP contribution in [0.2, 0.25) is 5.02 Å². The molecule has 0 unspecified atom stereocenters. The molecule has 3 aromatic rings. The van der Waals surface area contributed by atoms with Crippen LogP contribution in [0.15, 0.2) is 54.6 Å². The van der Waals surface area contributed by atoms with Crippen LogP contribution in [0.3, 0.4) is 0 Å². The zero-order valence-electron chi connectivity index (χ0n) is 11.9. The lowest BCUT2D eigenvalue weighted by atomic mass is 10.0. The topological polar surface area (TPSA) is 29.1 Å². The number of hydrogen-bond acceptors (Lipinski definition) is 1. The number of hydrogen-bond donors (Lipinski definition) is 1. The van der Waals surface area contributed by atoms with Crippen LogP contribution in [0.4, 0.5) is 10.1 Å². The van der Waals surface area contributed by atoms with E-state index in [1.807, 2.05) is 36.4 Å². The number of carbonyl (C=O) groups excluding carboxylic acids is 1. The van der Waals surface area contributed by atoms with Crippen LogP contribution < -0.4 is 5.32 Å². The molecule has 0 saturated carbocycles. The van der Waals surface area contributed by atoms with Crippen LogP contribution in [0.5, 0.6) is 0 Å². The Kier molecular flexibility index (Phi) is 3.82. The summed E-state index contributed by atoms with van der Waals surface area (Å²) in [6.45, 7) is 1.62. The molecule has 2 nitrogen and oxygen atoms in total. The molecule has 0 saturated heterocycles. The van der Waals surface area contributed by atoms with Gasteiger partial charge in [-0.25, -0.2) is 4.39 Å². The summed E-state index contributed by atoms with van der Waals surface area (Å²) in [7, 11) is 0. The molecule has 0 aliphatic rings. The summed E-state index contributed by atoms with van der Waals surface area (Å²) in [4.78, 5) is 12.5. The minimum absolute atomic E-state index is 0.266. The van der Waals surface area contributed by atoms with Crippen molar-refractivity contribution in [3.8, 4) is 0 Å². The molecule has 0 aliphatic carbocycles. The highest BCUT2D eigenvalue weighted by atomic mass is 35.5. The van der Waals surface area contributed by atoms with Crippen LogP contribution >= 0.6 is 11.6 Å². The second-order valence-corrected chi connectivity index (χ2v) is 5.47. The average Bonchev–Trinajstić information content (AvgIpc) is 2.52. The predicted molar refractivity (Wildman–Crippen MR) is 88.0 cm³/mol. The maximum Gasteiger partial charge on any atom is 0.256 e. The van der Waals surface area contributed by atoms with Gasteiger partial charge in [-0.2, -0.15) is 0 Å². The SMILES string of the molecule is Cc1cc(Cl)c(NC(=O)c2cccc3ccccc23)cc1F. The number of halogens is 2. The van der Waals surface area contributed by atoms with Gasteiger partial charge < -0.3 is 5.32 Å². The summed E-state index contributed by atoms with van der Waals surface area (Å²) < 4.78 is 13.7. The second-order valence-electron chi connectivity index (χ2n) is 5.06. The molecule has 0 bridgehead atoms. The van der Waals surface area contributed by atoms with E-state index in [0.29, 0.717) is 16.1 Å². The van der Waals surface area contributed by atoms with Crippen LogP contribution in [0, 0.1) is 12.7 Å². The molecule has 0 aliphatic heterocycles. The molecule has 0 spiro atoms. The van der Waals surface area contributed by atoms with Crippen molar-refractivity contribution in [2.24, 2.45) is 0 Å². The summed E-state index contributed by atoms with van der Waals surface area (Å²) in [5.41, 5.74) is 1.23. The van der Waals surface area contributed by atoms with E-state index in [1.165, 1.54) is 12.1 Å². The molecule has 0 fully saturated rings. The van der Waals surface area contributed by atoms with Crippen molar-refractivity contribution in [1.29, 1.82) is 0 Å². The fourth-order valence-corrected chi connectivity index (χ4v) is 2.62. The predicted octanol–water partition coefficient (Wildman–Crippen LogP) is 5.19. The van der Waals surface area contributed by atoms with Gasteiger partial charge in [-0.1, -0.05) is 48.0 Å². The Morgan fingerprint density at radius 3 is 2.64 bits per heavy atom. The first-order valence-corrected chi connectivity index (χ1v) is 7.19. The van der Waals surface area contributed by atoms with Crippen LogP contribution in [-0.4, -0.2) is 5.91 Å². The zero-order chi connectivity index (χ0) is 15.7.